The molecule has 0 atom stereocenters. The third kappa shape index (κ3) is 13.2. The standard InChI is InChI=1S/C15H28O4/c1-3-5-7-9-11-14(16)18-13-19-15(17)12-10-8-6-4-2/h3-13H2,1-2H3. The summed E-state index contributed by atoms with van der Waals surface area (Å²) in [5.74, 6) is -0.565. The molecule has 0 saturated heterocycles. The summed E-state index contributed by atoms with van der Waals surface area (Å²) in [6, 6.07) is 0. The van der Waals surface area contributed by atoms with E-state index in [0.29, 0.717) is 12.8 Å². The van der Waals surface area contributed by atoms with Crippen LogP contribution in [-0.2, 0) is 19.1 Å². The van der Waals surface area contributed by atoms with Gasteiger partial charge in [-0.15, -0.1) is 0 Å². The fourth-order valence-corrected chi connectivity index (χ4v) is 1.70. The second kappa shape index (κ2) is 13.4. The monoisotopic (exact) mass is 272 g/mol. The fraction of sp³-hybridized carbons (Fsp3) is 0.867. The molecule has 19 heavy (non-hydrogen) atoms. The van der Waals surface area contributed by atoms with Crippen LogP contribution in [0.3, 0.4) is 0 Å². The van der Waals surface area contributed by atoms with Gasteiger partial charge in [0.05, 0.1) is 0 Å². The summed E-state index contributed by atoms with van der Waals surface area (Å²) in [5, 5.41) is 0. The molecular weight excluding hydrogens is 244 g/mol. The van der Waals surface area contributed by atoms with Crippen molar-refractivity contribution in [1.82, 2.24) is 0 Å². The molecule has 0 aromatic heterocycles. The molecule has 0 saturated carbocycles. The van der Waals surface area contributed by atoms with E-state index < -0.39 is 0 Å². The van der Waals surface area contributed by atoms with Crippen LogP contribution in [0.15, 0.2) is 0 Å². The van der Waals surface area contributed by atoms with Crippen LogP contribution in [0.25, 0.3) is 0 Å². The highest BCUT2D eigenvalue weighted by atomic mass is 16.7. The van der Waals surface area contributed by atoms with E-state index in [0.717, 1.165) is 51.4 Å². The SMILES string of the molecule is CCCCCCC(=O)OCOC(=O)CCCCCC. The summed E-state index contributed by atoms with van der Waals surface area (Å²) in [7, 11) is 0. The topological polar surface area (TPSA) is 52.6 Å². The van der Waals surface area contributed by atoms with Gasteiger partial charge in [-0.05, 0) is 12.8 Å². The van der Waals surface area contributed by atoms with Crippen LogP contribution in [0.4, 0.5) is 0 Å². The molecule has 4 heteroatoms. The molecule has 0 radical (unpaired) electrons. The number of esters is 2. The van der Waals surface area contributed by atoms with Crippen molar-refractivity contribution in [2.75, 3.05) is 6.79 Å². The second-order valence-corrected chi connectivity index (χ2v) is 4.77. The molecule has 0 N–H and O–H groups in total. The van der Waals surface area contributed by atoms with Gasteiger partial charge in [0.1, 0.15) is 0 Å². The first-order valence-corrected chi connectivity index (χ1v) is 7.52. The zero-order chi connectivity index (χ0) is 14.3. The van der Waals surface area contributed by atoms with E-state index >= 15 is 0 Å². The van der Waals surface area contributed by atoms with Gasteiger partial charge in [-0.2, -0.15) is 0 Å². The van der Waals surface area contributed by atoms with Gasteiger partial charge in [0, 0.05) is 12.8 Å². The predicted octanol–water partition coefficient (Wildman–Crippen LogP) is 3.97. The van der Waals surface area contributed by atoms with Gasteiger partial charge in [-0.25, -0.2) is 0 Å². The molecule has 112 valence electrons. The Balaban J connectivity index is 3.35. The zero-order valence-electron chi connectivity index (χ0n) is 12.4. The van der Waals surface area contributed by atoms with Gasteiger partial charge < -0.3 is 9.47 Å². The van der Waals surface area contributed by atoms with Crippen LogP contribution in [0.5, 0.6) is 0 Å². The van der Waals surface area contributed by atoms with Gasteiger partial charge in [0.15, 0.2) is 0 Å². The molecule has 4 nitrogen and oxygen atoms in total. The molecule has 0 unspecified atom stereocenters. The first-order chi connectivity index (χ1) is 9.20. The maximum Gasteiger partial charge on any atom is 0.308 e. The number of ether oxygens (including phenoxy) is 2. The molecule has 0 amide bonds. The van der Waals surface area contributed by atoms with Crippen molar-refractivity contribution in [2.24, 2.45) is 0 Å². The summed E-state index contributed by atoms with van der Waals surface area (Å²) in [6.45, 7) is 4.01. The van der Waals surface area contributed by atoms with Crippen molar-refractivity contribution < 1.29 is 19.1 Å². The Kier molecular flexibility index (Phi) is 12.6. The van der Waals surface area contributed by atoms with Gasteiger partial charge in [-0.3, -0.25) is 9.59 Å². The highest BCUT2D eigenvalue weighted by Gasteiger charge is 2.05. The highest BCUT2D eigenvalue weighted by molar-refractivity contribution is 5.70. The van der Waals surface area contributed by atoms with Crippen LogP contribution in [0, 0.1) is 0 Å². The molecule has 0 aliphatic rings. The molecule has 0 fully saturated rings. The number of carbonyl (C=O) groups is 2. The Bertz CT molecular complexity index is 214. The van der Waals surface area contributed by atoms with E-state index in [2.05, 4.69) is 13.8 Å². The van der Waals surface area contributed by atoms with Crippen molar-refractivity contribution in [2.45, 2.75) is 78.1 Å². The van der Waals surface area contributed by atoms with Crippen molar-refractivity contribution in [3.63, 3.8) is 0 Å². The molecule has 0 bridgehead atoms. The third-order valence-corrected chi connectivity index (χ3v) is 2.91. The number of unbranched alkanes of at least 4 members (excludes halogenated alkanes) is 6. The van der Waals surface area contributed by atoms with E-state index in [1.165, 1.54) is 0 Å². The minimum Gasteiger partial charge on any atom is -0.428 e. The van der Waals surface area contributed by atoms with E-state index in [1.807, 2.05) is 0 Å². The summed E-state index contributed by atoms with van der Waals surface area (Å²) in [6.07, 6.45) is 9.17. The first-order valence-electron chi connectivity index (χ1n) is 7.52. The molecule has 0 heterocycles. The van der Waals surface area contributed by atoms with E-state index in [9.17, 15) is 9.59 Å². The van der Waals surface area contributed by atoms with Gasteiger partial charge in [-0.1, -0.05) is 52.4 Å². The van der Waals surface area contributed by atoms with Crippen LogP contribution in [0.2, 0.25) is 0 Å². The smallest absolute Gasteiger partial charge is 0.308 e. The molecule has 0 rings (SSSR count). The molecule has 0 spiro atoms. The lowest BCUT2D eigenvalue weighted by Crippen LogP contribution is -2.12. The summed E-state index contributed by atoms with van der Waals surface area (Å²) in [5.41, 5.74) is 0. The quantitative estimate of drug-likeness (QED) is 0.306. The maximum absolute atomic E-state index is 11.3. The van der Waals surface area contributed by atoms with E-state index in [-0.39, 0.29) is 18.7 Å². The Morgan fingerprint density at radius 2 is 1.11 bits per heavy atom. The second-order valence-electron chi connectivity index (χ2n) is 4.77. The third-order valence-electron chi connectivity index (χ3n) is 2.91. The fourth-order valence-electron chi connectivity index (χ4n) is 1.70. The zero-order valence-corrected chi connectivity index (χ0v) is 12.4. The Morgan fingerprint density at radius 1 is 0.684 bits per heavy atom. The summed E-state index contributed by atoms with van der Waals surface area (Å²) < 4.78 is 9.68. The molecule has 0 aromatic carbocycles. The largest absolute Gasteiger partial charge is 0.428 e. The molecule has 0 aliphatic carbocycles. The Morgan fingerprint density at radius 3 is 1.47 bits per heavy atom. The number of carbonyl (C=O) groups excluding carboxylic acids is 2. The number of hydrogen-bond acceptors (Lipinski definition) is 4. The van der Waals surface area contributed by atoms with Crippen LogP contribution < -0.4 is 0 Å². The van der Waals surface area contributed by atoms with Crippen molar-refractivity contribution in [3.8, 4) is 0 Å². The van der Waals surface area contributed by atoms with Crippen LogP contribution in [0.1, 0.15) is 78.1 Å². The Labute approximate surface area is 116 Å². The minimum atomic E-state index is -0.283. The minimum absolute atomic E-state index is 0.237. The van der Waals surface area contributed by atoms with Gasteiger partial charge in [0.2, 0.25) is 6.79 Å². The highest BCUT2D eigenvalue weighted by Crippen LogP contribution is 2.05. The lowest BCUT2D eigenvalue weighted by molar-refractivity contribution is -0.167. The molecular formula is C15H28O4. The van der Waals surface area contributed by atoms with Crippen molar-refractivity contribution >= 4 is 11.9 Å². The van der Waals surface area contributed by atoms with Gasteiger partial charge in [0.25, 0.3) is 0 Å². The normalized spacial score (nSPS) is 10.2. The van der Waals surface area contributed by atoms with Gasteiger partial charge >= 0.3 is 11.9 Å². The molecule has 0 aromatic rings. The average Bonchev–Trinajstić information content (AvgIpc) is 2.40. The van der Waals surface area contributed by atoms with Crippen molar-refractivity contribution in [1.29, 1.82) is 0 Å². The Hall–Kier alpha value is -1.06. The first kappa shape index (κ1) is 17.9. The molecule has 0 aliphatic heterocycles. The van der Waals surface area contributed by atoms with Crippen LogP contribution >= 0.6 is 0 Å². The van der Waals surface area contributed by atoms with Crippen molar-refractivity contribution in [3.05, 3.63) is 0 Å². The lowest BCUT2D eigenvalue weighted by atomic mass is 10.2. The average molecular weight is 272 g/mol. The number of hydrogen-bond donors (Lipinski definition) is 0. The van der Waals surface area contributed by atoms with E-state index in [1.54, 1.807) is 0 Å². The van der Waals surface area contributed by atoms with E-state index in [4.69, 9.17) is 9.47 Å². The summed E-state index contributed by atoms with van der Waals surface area (Å²) in [4.78, 5) is 22.5. The number of rotatable bonds is 12. The summed E-state index contributed by atoms with van der Waals surface area (Å²) >= 11 is 0. The predicted molar refractivity (Wildman–Crippen MR) is 74.6 cm³/mol. The van der Waals surface area contributed by atoms with Crippen LogP contribution in [-0.4, -0.2) is 18.7 Å². The lowest BCUT2D eigenvalue weighted by Gasteiger charge is -2.06. The maximum atomic E-state index is 11.3.